The molecule has 0 aliphatic carbocycles. The van der Waals surface area contributed by atoms with Gasteiger partial charge < -0.3 is 15.7 Å². The lowest BCUT2D eigenvalue weighted by molar-refractivity contribution is -0.156. The summed E-state index contributed by atoms with van der Waals surface area (Å²) in [5.74, 6) is -0.842. The van der Waals surface area contributed by atoms with Gasteiger partial charge in [-0.25, -0.2) is 0 Å². The third-order valence-electron chi connectivity index (χ3n) is 4.25. The molecule has 1 rings (SSSR count). The number of nitrogens with zero attached hydrogens (tertiary/aromatic N) is 1. The summed E-state index contributed by atoms with van der Waals surface area (Å²) in [6.45, 7) is 6.71. The van der Waals surface area contributed by atoms with Gasteiger partial charge in [-0.05, 0) is 33.1 Å². The molecule has 2 atom stereocenters. The summed E-state index contributed by atoms with van der Waals surface area (Å²) in [4.78, 5) is 25.4. The maximum Gasteiger partial charge on any atom is 0.311 e. The van der Waals surface area contributed by atoms with Crippen molar-refractivity contribution in [1.82, 2.24) is 4.90 Å². The number of aliphatic carboxylic acids is 1. The van der Waals surface area contributed by atoms with Gasteiger partial charge in [0.2, 0.25) is 5.91 Å². The first-order valence-electron chi connectivity index (χ1n) is 6.52. The first kappa shape index (κ1) is 15.0. The van der Waals surface area contributed by atoms with Crippen LogP contribution in [0.4, 0.5) is 0 Å². The van der Waals surface area contributed by atoms with E-state index >= 15 is 0 Å². The normalized spacial score (nSPS) is 27.7. The fourth-order valence-corrected chi connectivity index (χ4v) is 2.35. The van der Waals surface area contributed by atoms with Gasteiger partial charge in [-0.15, -0.1) is 0 Å². The molecule has 1 fully saturated rings. The van der Waals surface area contributed by atoms with Crippen molar-refractivity contribution in [2.45, 2.75) is 40.0 Å². The van der Waals surface area contributed by atoms with E-state index in [9.17, 15) is 14.7 Å². The van der Waals surface area contributed by atoms with Gasteiger partial charge in [0.15, 0.2) is 0 Å². The standard InChI is InChI=1S/C13H24N2O3/c1-4-12(2,8-14)10(16)15-7-5-6-13(3,9-15)11(17)18/h4-9,14H2,1-3H3,(H,17,18). The highest BCUT2D eigenvalue weighted by Crippen LogP contribution is 2.32. The Morgan fingerprint density at radius 1 is 1.50 bits per heavy atom. The van der Waals surface area contributed by atoms with Crippen molar-refractivity contribution in [2.24, 2.45) is 16.6 Å². The second kappa shape index (κ2) is 5.26. The Balaban J connectivity index is 2.85. The lowest BCUT2D eigenvalue weighted by Gasteiger charge is -2.41. The molecule has 18 heavy (non-hydrogen) atoms. The SMILES string of the molecule is CCC(C)(CN)C(=O)N1CCCC(C)(C(=O)O)C1. The molecule has 0 spiro atoms. The highest BCUT2D eigenvalue weighted by atomic mass is 16.4. The van der Waals surface area contributed by atoms with Gasteiger partial charge in [0.1, 0.15) is 0 Å². The molecule has 1 heterocycles. The summed E-state index contributed by atoms with van der Waals surface area (Å²) in [6, 6.07) is 0. The minimum absolute atomic E-state index is 0.0142. The van der Waals surface area contributed by atoms with Crippen LogP contribution in [0.25, 0.3) is 0 Å². The number of carboxylic acid groups (broad SMARTS) is 1. The summed E-state index contributed by atoms with van der Waals surface area (Å²) >= 11 is 0. The smallest absolute Gasteiger partial charge is 0.311 e. The molecule has 0 aromatic heterocycles. The first-order valence-corrected chi connectivity index (χ1v) is 6.52. The number of carboxylic acids is 1. The maximum atomic E-state index is 12.4. The topological polar surface area (TPSA) is 83.6 Å². The van der Waals surface area contributed by atoms with Crippen LogP contribution in [-0.4, -0.2) is 41.5 Å². The predicted molar refractivity (Wildman–Crippen MR) is 69.0 cm³/mol. The Labute approximate surface area is 108 Å². The lowest BCUT2D eigenvalue weighted by atomic mass is 9.79. The van der Waals surface area contributed by atoms with Crippen LogP contribution in [0, 0.1) is 10.8 Å². The molecule has 0 saturated carbocycles. The third-order valence-corrected chi connectivity index (χ3v) is 4.25. The molecular formula is C13H24N2O3. The van der Waals surface area contributed by atoms with E-state index in [1.165, 1.54) is 0 Å². The molecule has 104 valence electrons. The van der Waals surface area contributed by atoms with Crippen LogP contribution < -0.4 is 5.73 Å². The molecule has 5 nitrogen and oxygen atoms in total. The van der Waals surface area contributed by atoms with Gasteiger partial charge in [-0.1, -0.05) is 6.92 Å². The van der Waals surface area contributed by atoms with Crippen LogP contribution in [0.3, 0.4) is 0 Å². The molecule has 1 aliphatic heterocycles. The number of hydrogen-bond donors (Lipinski definition) is 2. The Hall–Kier alpha value is -1.10. The van der Waals surface area contributed by atoms with E-state index in [-0.39, 0.29) is 12.5 Å². The molecule has 1 aliphatic rings. The van der Waals surface area contributed by atoms with Crippen molar-refractivity contribution >= 4 is 11.9 Å². The zero-order valence-electron chi connectivity index (χ0n) is 11.5. The van der Waals surface area contributed by atoms with E-state index in [0.29, 0.717) is 25.9 Å². The van der Waals surface area contributed by atoms with E-state index in [4.69, 9.17) is 5.73 Å². The number of rotatable bonds is 4. The minimum atomic E-state index is -0.828. The minimum Gasteiger partial charge on any atom is -0.481 e. The van der Waals surface area contributed by atoms with Gasteiger partial charge in [-0.3, -0.25) is 9.59 Å². The highest BCUT2D eigenvalue weighted by Gasteiger charge is 2.42. The van der Waals surface area contributed by atoms with Crippen molar-refractivity contribution in [2.75, 3.05) is 19.6 Å². The lowest BCUT2D eigenvalue weighted by Crippen LogP contribution is -2.53. The van der Waals surface area contributed by atoms with Crippen LogP contribution in [0.2, 0.25) is 0 Å². The van der Waals surface area contributed by atoms with Crippen LogP contribution in [-0.2, 0) is 9.59 Å². The summed E-state index contributed by atoms with van der Waals surface area (Å²) in [5.41, 5.74) is 4.29. The average Bonchev–Trinajstić information content (AvgIpc) is 2.36. The van der Waals surface area contributed by atoms with Crippen LogP contribution in [0.1, 0.15) is 40.0 Å². The molecule has 2 unspecified atom stereocenters. The van der Waals surface area contributed by atoms with Gasteiger partial charge in [0.25, 0.3) is 0 Å². The van der Waals surface area contributed by atoms with Gasteiger partial charge in [0, 0.05) is 19.6 Å². The van der Waals surface area contributed by atoms with E-state index in [1.54, 1.807) is 11.8 Å². The van der Waals surface area contributed by atoms with Crippen molar-refractivity contribution in [3.05, 3.63) is 0 Å². The third kappa shape index (κ3) is 2.66. The van der Waals surface area contributed by atoms with Gasteiger partial charge in [0.05, 0.1) is 10.8 Å². The van der Waals surface area contributed by atoms with Gasteiger partial charge >= 0.3 is 5.97 Å². The van der Waals surface area contributed by atoms with Crippen molar-refractivity contribution in [3.8, 4) is 0 Å². The second-order valence-electron chi connectivity index (χ2n) is 5.81. The predicted octanol–water partition coefficient (Wildman–Crippen LogP) is 1.07. The van der Waals surface area contributed by atoms with Crippen LogP contribution in [0.15, 0.2) is 0 Å². The first-order chi connectivity index (χ1) is 8.29. The Kier molecular flexibility index (Phi) is 4.37. The molecule has 1 amide bonds. The van der Waals surface area contributed by atoms with E-state index in [2.05, 4.69) is 0 Å². The van der Waals surface area contributed by atoms with E-state index in [0.717, 1.165) is 6.42 Å². The molecular weight excluding hydrogens is 232 g/mol. The zero-order chi connectivity index (χ0) is 14.0. The number of hydrogen-bond acceptors (Lipinski definition) is 3. The fraction of sp³-hybridized carbons (Fsp3) is 0.846. The number of carbonyl (C=O) groups excluding carboxylic acids is 1. The van der Waals surface area contributed by atoms with Crippen molar-refractivity contribution in [1.29, 1.82) is 0 Å². The molecule has 3 N–H and O–H groups in total. The van der Waals surface area contributed by atoms with Crippen LogP contribution in [0.5, 0.6) is 0 Å². The molecule has 0 aromatic carbocycles. The molecule has 1 saturated heterocycles. The average molecular weight is 256 g/mol. The molecule has 0 radical (unpaired) electrons. The molecule has 0 bridgehead atoms. The van der Waals surface area contributed by atoms with E-state index in [1.807, 2.05) is 13.8 Å². The monoisotopic (exact) mass is 256 g/mol. The van der Waals surface area contributed by atoms with Crippen LogP contribution >= 0.6 is 0 Å². The maximum absolute atomic E-state index is 12.4. The van der Waals surface area contributed by atoms with Crippen molar-refractivity contribution < 1.29 is 14.7 Å². The van der Waals surface area contributed by atoms with Crippen molar-refractivity contribution in [3.63, 3.8) is 0 Å². The molecule has 0 aromatic rings. The summed E-state index contributed by atoms with van der Waals surface area (Å²) in [5, 5.41) is 9.25. The van der Waals surface area contributed by atoms with E-state index < -0.39 is 16.8 Å². The quantitative estimate of drug-likeness (QED) is 0.788. The fourth-order valence-electron chi connectivity index (χ4n) is 2.35. The number of carbonyl (C=O) groups is 2. The Bertz CT molecular complexity index is 339. The Morgan fingerprint density at radius 2 is 2.11 bits per heavy atom. The number of nitrogens with two attached hydrogens (primary N) is 1. The molecule has 5 heteroatoms. The summed E-state index contributed by atoms with van der Waals surface area (Å²) < 4.78 is 0. The number of amides is 1. The zero-order valence-corrected chi connectivity index (χ0v) is 11.5. The second-order valence-corrected chi connectivity index (χ2v) is 5.81. The Morgan fingerprint density at radius 3 is 2.56 bits per heavy atom. The number of piperidine rings is 1. The highest BCUT2D eigenvalue weighted by molar-refractivity contribution is 5.84. The summed E-state index contributed by atoms with van der Waals surface area (Å²) in [6.07, 6.45) is 2.03. The summed E-state index contributed by atoms with van der Waals surface area (Å²) in [7, 11) is 0. The number of likely N-dealkylation sites (tertiary alicyclic amines) is 1. The largest absolute Gasteiger partial charge is 0.481 e. The van der Waals surface area contributed by atoms with Gasteiger partial charge in [-0.2, -0.15) is 0 Å².